The Morgan fingerprint density at radius 3 is 2.65 bits per heavy atom. The van der Waals surface area contributed by atoms with Gasteiger partial charge in [-0.3, -0.25) is 0 Å². The zero-order valence-corrected chi connectivity index (χ0v) is 14.0. The SMILES string of the molecule is CCCNCCCN(C)S(=O)(=O)N1CCOCC1(C)C. The Morgan fingerprint density at radius 2 is 2.05 bits per heavy atom. The van der Waals surface area contributed by atoms with Crippen molar-refractivity contribution in [2.75, 3.05) is 46.4 Å². The minimum absolute atomic E-state index is 0.424. The maximum Gasteiger partial charge on any atom is 0.282 e. The van der Waals surface area contributed by atoms with Crippen molar-refractivity contribution in [2.45, 2.75) is 39.2 Å². The third kappa shape index (κ3) is 4.66. The van der Waals surface area contributed by atoms with Gasteiger partial charge in [0, 0.05) is 20.1 Å². The van der Waals surface area contributed by atoms with E-state index < -0.39 is 15.7 Å². The molecule has 0 bridgehead atoms. The van der Waals surface area contributed by atoms with Gasteiger partial charge in [-0.15, -0.1) is 0 Å². The summed E-state index contributed by atoms with van der Waals surface area (Å²) in [6, 6.07) is 0. The molecule has 1 N–H and O–H groups in total. The van der Waals surface area contributed by atoms with Gasteiger partial charge in [0.15, 0.2) is 0 Å². The molecule has 1 fully saturated rings. The predicted octanol–water partition coefficient (Wildman–Crippen LogP) is 0.664. The molecule has 120 valence electrons. The Hall–Kier alpha value is -0.210. The lowest BCUT2D eigenvalue weighted by Crippen LogP contribution is -2.58. The van der Waals surface area contributed by atoms with Crippen LogP contribution in [0.1, 0.15) is 33.6 Å². The Labute approximate surface area is 123 Å². The smallest absolute Gasteiger partial charge is 0.282 e. The van der Waals surface area contributed by atoms with Crippen LogP contribution in [-0.4, -0.2) is 69.0 Å². The van der Waals surface area contributed by atoms with Crippen LogP contribution in [0.2, 0.25) is 0 Å². The standard InChI is InChI=1S/C13H29N3O3S/c1-5-7-14-8-6-9-15(4)20(17,18)16-10-11-19-12-13(16,2)3/h14H,5-12H2,1-4H3. The van der Waals surface area contributed by atoms with E-state index >= 15 is 0 Å². The summed E-state index contributed by atoms with van der Waals surface area (Å²) in [7, 11) is -1.75. The summed E-state index contributed by atoms with van der Waals surface area (Å²) < 4.78 is 33.6. The van der Waals surface area contributed by atoms with Crippen molar-refractivity contribution in [1.82, 2.24) is 13.9 Å². The highest BCUT2D eigenvalue weighted by molar-refractivity contribution is 7.86. The van der Waals surface area contributed by atoms with Crippen molar-refractivity contribution < 1.29 is 13.2 Å². The highest BCUT2D eigenvalue weighted by Gasteiger charge is 2.40. The molecular weight excluding hydrogens is 278 g/mol. The van der Waals surface area contributed by atoms with Crippen LogP contribution in [0.4, 0.5) is 0 Å². The fourth-order valence-electron chi connectivity index (χ4n) is 2.28. The van der Waals surface area contributed by atoms with E-state index in [1.807, 2.05) is 13.8 Å². The normalized spacial score (nSPS) is 20.4. The Kier molecular flexibility index (Phi) is 6.87. The first-order valence-electron chi connectivity index (χ1n) is 7.35. The summed E-state index contributed by atoms with van der Waals surface area (Å²) in [5, 5.41) is 3.28. The zero-order valence-electron chi connectivity index (χ0n) is 13.2. The van der Waals surface area contributed by atoms with E-state index in [1.54, 1.807) is 11.4 Å². The summed E-state index contributed by atoms with van der Waals surface area (Å²) in [5.74, 6) is 0. The van der Waals surface area contributed by atoms with Crippen molar-refractivity contribution in [2.24, 2.45) is 0 Å². The highest BCUT2D eigenvalue weighted by atomic mass is 32.2. The Bertz CT molecular complexity index is 384. The number of nitrogens with one attached hydrogen (secondary N) is 1. The van der Waals surface area contributed by atoms with Gasteiger partial charge in [0.25, 0.3) is 10.2 Å². The molecule has 0 amide bonds. The highest BCUT2D eigenvalue weighted by Crippen LogP contribution is 2.24. The van der Waals surface area contributed by atoms with Crippen molar-refractivity contribution >= 4 is 10.2 Å². The van der Waals surface area contributed by atoms with Gasteiger partial charge in [-0.25, -0.2) is 0 Å². The molecule has 0 aromatic heterocycles. The first-order valence-corrected chi connectivity index (χ1v) is 8.74. The van der Waals surface area contributed by atoms with Crippen molar-refractivity contribution in [1.29, 1.82) is 0 Å². The minimum Gasteiger partial charge on any atom is -0.378 e. The van der Waals surface area contributed by atoms with Crippen molar-refractivity contribution in [3.05, 3.63) is 0 Å². The zero-order chi connectivity index (χ0) is 15.2. The molecule has 1 rings (SSSR count). The lowest BCUT2D eigenvalue weighted by atomic mass is 10.1. The van der Waals surface area contributed by atoms with E-state index in [9.17, 15) is 8.42 Å². The number of ether oxygens (including phenoxy) is 1. The third-order valence-corrected chi connectivity index (χ3v) is 5.70. The van der Waals surface area contributed by atoms with Crippen LogP contribution in [-0.2, 0) is 14.9 Å². The molecule has 1 heterocycles. The molecule has 0 radical (unpaired) electrons. The molecule has 0 saturated carbocycles. The molecule has 0 atom stereocenters. The van der Waals surface area contributed by atoms with E-state index in [0.29, 0.717) is 26.3 Å². The molecule has 0 aliphatic carbocycles. The van der Waals surface area contributed by atoms with Gasteiger partial charge >= 0.3 is 0 Å². The number of hydrogen-bond acceptors (Lipinski definition) is 4. The fraction of sp³-hybridized carbons (Fsp3) is 1.00. The lowest BCUT2D eigenvalue weighted by Gasteiger charge is -2.42. The second-order valence-electron chi connectivity index (χ2n) is 5.87. The molecule has 7 heteroatoms. The van der Waals surface area contributed by atoms with E-state index in [2.05, 4.69) is 12.2 Å². The Balaban J connectivity index is 2.54. The van der Waals surface area contributed by atoms with E-state index in [0.717, 1.165) is 25.9 Å². The topological polar surface area (TPSA) is 61.9 Å². The number of hydrogen-bond donors (Lipinski definition) is 1. The molecular formula is C13H29N3O3S. The second-order valence-corrected chi connectivity index (χ2v) is 7.83. The average Bonchev–Trinajstić information content (AvgIpc) is 2.37. The van der Waals surface area contributed by atoms with Crippen molar-refractivity contribution in [3.63, 3.8) is 0 Å². The van der Waals surface area contributed by atoms with Crippen LogP contribution in [0.15, 0.2) is 0 Å². The second kappa shape index (κ2) is 7.70. The summed E-state index contributed by atoms with van der Waals surface area (Å²) in [4.78, 5) is 0. The van der Waals surface area contributed by atoms with Gasteiger partial charge in [0.1, 0.15) is 0 Å². The maximum atomic E-state index is 12.6. The molecule has 1 saturated heterocycles. The van der Waals surface area contributed by atoms with E-state index in [4.69, 9.17) is 4.74 Å². The molecule has 1 aliphatic rings. The van der Waals surface area contributed by atoms with Crippen LogP contribution in [0.5, 0.6) is 0 Å². The molecule has 0 unspecified atom stereocenters. The molecule has 0 aromatic carbocycles. The van der Waals surface area contributed by atoms with Crippen LogP contribution in [0, 0.1) is 0 Å². The Morgan fingerprint density at radius 1 is 1.35 bits per heavy atom. The van der Waals surface area contributed by atoms with Gasteiger partial charge in [-0.2, -0.15) is 17.0 Å². The van der Waals surface area contributed by atoms with E-state index in [1.165, 1.54) is 4.31 Å². The quantitative estimate of drug-likeness (QED) is 0.669. The summed E-state index contributed by atoms with van der Waals surface area (Å²) in [6.07, 6.45) is 1.91. The van der Waals surface area contributed by atoms with Crippen LogP contribution in [0.3, 0.4) is 0 Å². The van der Waals surface area contributed by atoms with Crippen molar-refractivity contribution in [3.8, 4) is 0 Å². The number of nitrogens with zero attached hydrogens (tertiary/aromatic N) is 2. The summed E-state index contributed by atoms with van der Waals surface area (Å²) in [5.41, 5.74) is -0.480. The predicted molar refractivity (Wildman–Crippen MR) is 80.9 cm³/mol. The summed E-state index contributed by atoms with van der Waals surface area (Å²) >= 11 is 0. The number of morpholine rings is 1. The molecule has 0 spiro atoms. The first-order chi connectivity index (χ1) is 9.32. The van der Waals surface area contributed by atoms with E-state index in [-0.39, 0.29) is 0 Å². The summed E-state index contributed by atoms with van der Waals surface area (Å²) in [6.45, 7) is 9.62. The van der Waals surface area contributed by atoms with Gasteiger partial charge < -0.3 is 10.1 Å². The molecule has 6 nitrogen and oxygen atoms in total. The average molecular weight is 307 g/mol. The molecule has 20 heavy (non-hydrogen) atoms. The monoisotopic (exact) mass is 307 g/mol. The molecule has 0 aromatic rings. The van der Waals surface area contributed by atoms with Crippen LogP contribution < -0.4 is 5.32 Å². The largest absolute Gasteiger partial charge is 0.378 e. The van der Waals surface area contributed by atoms with Gasteiger partial charge in [0.2, 0.25) is 0 Å². The van der Waals surface area contributed by atoms with Crippen LogP contribution >= 0.6 is 0 Å². The van der Waals surface area contributed by atoms with Gasteiger partial charge in [-0.1, -0.05) is 6.92 Å². The van der Waals surface area contributed by atoms with Crippen LogP contribution in [0.25, 0.3) is 0 Å². The fourth-order valence-corrected chi connectivity index (χ4v) is 3.96. The maximum absolute atomic E-state index is 12.6. The molecule has 1 aliphatic heterocycles. The lowest BCUT2D eigenvalue weighted by molar-refractivity contribution is -0.0102. The third-order valence-electron chi connectivity index (χ3n) is 3.49. The number of rotatable bonds is 8. The van der Waals surface area contributed by atoms with Gasteiger partial charge in [-0.05, 0) is 39.8 Å². The minimum atomic E-state index is -3.40. The first kappa shape index (κ1) is 17.8. The van der Waals surface area contributed by atoms with Gasteiger partial charge in [0.05, 0.1) is 18.8 Å².